The van der Waals surface area contributed by atoms with Gasteiger partial charge in [0.25, 0.3) is 11.1 Å². The average Bonchev–Trinajstić information content (AvgIpc) is 2.74. The Kier molecular flexibility index (Phi) is 6.51. The Labute approximate surface area is 166 Å². The fraction of sp³-hybridized carbons (Fsp3) is 0.250. The first-order valence-electron chi connectivity index (χ1n) is 9.08. The van der Waals surface area contributed by atoms with E-state index in [0.29, 0.717) is 25.2 Å². The molecule has 1 amide bonds. The van der Waals surface area contributed by atoms with E-state index >= 15 is 0 Å². The molecule has 1 N–H and O–H groups in total. The van der Waals surface area contributed by atoms with Crippen molar-refractivity contribution in [1.82, 2.24) is 24.9 Å². The van der Waals surface area contributed by atoms with Crippen molar-refractivity contribution in [2.45, 2.75) is 19.5 Å². The van der Waals surface area contributed by atoms with Crippen molar-refractivity contribution < 1.29 is 9.53 Å². The summed E-state index contributed by atoms with van der Waals surface area (Å²) < 4.78 is 7.58. The van der Waals surface area contributed by atoms with Gasteiger partial charge in [-0.1, -0.05) is 0 Å². The highest BCUT2D eigenvalue weighted by Crippen LogP contribution is 2.19. The number of aromatic nitrogens is 4. The molecule has 29 heavy (non-hydrogen) atoms. The summed E-state index contributed by atoms with van der Waals surface area (Å²) in [4.78, 5) is 35.8. The van der Waals surface area contributed by atoms with Crippen LogP contribution in [0.4, 0.5) is 0 Å². The molecule has 0 saturated heterocycles. The Morgan fingerprint density at radius 3 is 2.52 bits per heavy atom. The highest BCUT2D eigenvalue weighted by molar-refractivity contribution is 5.75. The van der Waals surface area contributed by atoms with Crippen molar-refractivity contribution in [1.29, 1.82) is 0 Å². The normalized spacial score (nSPS) is 10.5. The zero-order chi connectivity index (χ0) is 20.6. The summed E-state index contributed by atoms with van der Waals surface area (Å²) in [6.45, 7) is 0.562. The van der Waals surface area contributed by atoms with E-state index in [0.717, 1.165) is 16.0 Å². The summed E-state index contributed by atoms with van der Waals surface area (Å²) in [5, 5.41) is 10.9. The molecule has 9 nitrogen and oxygen atoms in total. The first-order chi connectivity index (χ1) is 14.1. The van der Waals surface area contributed by atoms with Crippen LogP contribution in [0.15, 0.2) is 64.3 Å². The van der Waals surface area contributed by atoms with Gasteiger partial charge in [-0.3, -0.25) is 14.4 Å². The molecule has 0 atom stereocenters. The molecule has 3 rings (SSSR count). The average molecular weight is 395 g/mol. The lowest BCUT2D eigenvalue weighted by molar-refractivity contribution is -0.121. The standard InChI is InChI=1S/C20H21N5O4/c1-29-16-7-5-15(6-8-16)17-9-10-20(28)25(23-17)14-18(26)21-11-3-13-24-19(27)4-2-12-22-24/h2,4-10,12H,3,11,13-14H2,1H3,(H,21,26). The topological polar surface area (TPSA) is 108 Å². The van der Waals surface area contributed by atoms with Crippen molar-refractivity contribution in [3.63, 3.8) is 0 Å². The largest absolute Gasteiger partial charge is 0.497 e. The Bertz CT molecular complexity index is 1090. The third-order valence-electron chi connectivity index (χ3n) is 4.20. The second-order valence-electron chi connectivity index (χ2n) is 6.23. The van der Waals surface area contributed by atoms with Crippen LogP contribution in [0.5, 0.6) is 5.75 Å². The maximum atomic E-state index is 12.2. The summed E-state index contributed by atoms with van der Waals surface area (Å²) in [5.41, 5.74) is 0.831. The predicted octanol–water partition coefficient (Wildman–Crippen LogP) is 0.682. The lowest BCUT2D eigenvalue weighted by Gasteiger charge is -2.09. The molecule has 0 spiro atoms. The maximum absolute atomic E-state index is 12.2. The van der Waals surface area contributed by atoms with Crippen LogP contribution in [0.1, 0.15) is 6.42 Å². The summed E-state index contributed by atoms with van der Waals surface area (Å²) in [5.74, 6) is 0.384. The number of carbonyl (C=O) groups excluding carboxylic acids is 1. The second kappa shape index (κ2) is 9.45. The number of methoxy groups -OCH3 is 1. The zero-order valence-electron chi connectivity index (χ0n) is 15.9. The van der Waals surface area contributed by atoms with E-state index < -0.39 is 0 Å². The van der Waals surface area contributed by atoms with Gasteiger partial charge < -0.3 is 10.1 Å². The molecule has 0 aliphatic carbocycles. The number of hydrogen-bond acceptors (Lipinski definition) is 6. The first-order valence-corrected chi connectivity index (χ1v) is 9.08. The van der Waals surface area contributed by atoms with Crippen LogP contribution in [0, 0.1) is 0 Å². The molecule has 150 valence electrons. The van der Waals surface area contributed by atoms with Gasteiger partial charge >= 0.3 is 0 Å². The molecule has 0 aliphatic rings. The van der Waals surface area contributed by atoms with Crippen molar-refractivity contribution in [2.75, 3.05) is 13.7 Å². The van der Waals surface area contributed by atoms with Crippen LogP contribution in [-0.4, -0.2) is 39.1 Å². The number of amides is 1. The van der Waals surface area contributed by atoms with Crippen LogP contribution in [0.25, 0.3) is 11.3 Å². The minimum absolute atomic E-state index is 0.188. The summed E-state index contributed by atoms with van der Waals surface area (Å²) in [7, 11) is 1.58. The minimum Gasteiger partial charge on any atom is -0.497 e. The third-order valence-corrected chi connectivity index (χ3v) is 4.20. The van der Waals surface area contributed by atoms with E-state index in [2.05, 4.69) is 15.5 Å². The highest BCUT2D eigenvalue weighted by atomic mass is 16.5. The first kappa shape index (κ1) is 20.0. The van der Waals surface area contributed by atoms with Gasteiger partial charge in [0.15, 0.2) is 0 Å². The molecule has 0 saturated carbocycles. The quantitative estimate of drug-likeness (QED) is 0.562. The Morgan fingerprint density at radius 2 is 1.79 bits per heavy atom. The van der Waals surface area contributed by atoms with E-state index in [1.807, 2.05) is 12.1 Å². The van der Waals surface area contributed by atoms with Crippen molar-refractivity contribution >= 4 is 5.91 Å². The molecule has 2 heterocycles. The fourth-order valence-corrected chi connectivity index (χ4v) is 2.68. The molecule has 2 aromatic heterocycles. The second-order valence-corrected chi connectivity index (χ2v) is 6.23. The molecule has 0 radical (unpaired) electrons. The van der Waals surface area contributed by atoms with E-state index in [4.69, 9.17) is 4.74 Å². The van der Waals surface area contributed by atoms with Crippen molar-refractivity contribution in [2.24, 2.45) is 0 Å². The molecule has 0 fully saturated rings. The molecule has 0 aliphatic heterocycles. The smallest absolute Gasteiger partial charge is 0.267 e. The highest BCUT2D eigenvalue weighted by Gasteiger charge is 2.08. The van der Waals surface area contributed by atoms with E-state index in [-0.39, 0.29) is 23.6 Å². The van der Waals surface area contributed by atoms with Crippen LogP contribution in [0.3, 0.4) is 0 Å². The SMILES string of the molecule is COc1ccc(-c2ccc(=O)n(CC(=O)NCCCn3ncccc3=O)n2)cc1. The number of carbonyl (C=O) groups is 1. The Hall–Kier alpha value is -3.75. The molecule has 0 unspecified atom stereocenters. The van der Waals surface area contributed by atoms with Gasteiger partial charge in [0.1, 0.15) is 12.3 Å². The monoisotopic (exact) mass is 395 g/mol. The Balaban J connectivity index is 1.57. The van der Waals surface area contributed by atoms with Gasteiger partial charge in [0, 0.05) is 37.0 Å². The third kappa shape index (κ3) is 5.38. The molecule has 0 bridgehead atoms. The summed E-state index contributed by atoms with van der Waals surface area (Å²) in [6, 6.07) is 13.3. The van der Waals surface area contributed by atoms with Gasteiger partial charge in [-0.25, -0.2) is 9.36 Å². The van der Waals surface area contributed by atoms with Gasteiger partial charge in [-0.05, 0) is 42.8 Å². The number of nitrogens with zero attached hydrogens (tertiary/aromatic N) is 4. The van der Waals surface area contributed by atoms with Gasteiger partial charge in [-0.2, -0.15) is 10.2 Å². The van der Waals surface area contributed by atoms with Crippen LogP contribution < -0.4 is 21.2 Å². The number of hydrogen-bond donors (Lipinski definition) is 1. The lowest BCUT2D eigenvalue weighted by Crippen LogP contribution is -2.34. The number of ether oxygens (including phenoxy) is 1. The zero-order valence-corrected chi connectivity index (χ0v) is 15.9. The van der Waals surface area contributed by atoms with Gasteiger partial charge in [0.2, 0.25) is 5.91 Å². The Morgan fingerprint density at radius 1 is 1.03 bits per heavy atom. The number of nitrogens with one attached hydrogen (secondary N) is 1. The molecule has 9 heteroatoms. The minimum atomic E-state index is -0.363. The molecule has 3 aromatic rings. The van der Waals surface area contributed by atoms with E-state index in [1.54, 1.807) is 31.4 Å². The van der Waals surface area contributed by atoms with Crippen LogP contribution in [0.2, 0.25) is 0 Å². The van der Waals surface area contributed by atoms with Crippen LogP contribution >= 0.6 is 0 Å². The molecule has 1 aromatic carbocycles. The summed E-state index contributed by atoms with van der Waals surface area (Å²) in [6.07, 6.45) is 2.07. The maximum Gasteiger partial charge on any atom is 0.267 e. The van der Waals surface area contributed by atoms with Crippen molar-refractivity contribution in [3.8, 4) is 17.0 Å². The molecular formula is C20H21N5O4. The number of aryl methyl sites for hydroxylation is 1. The van der Waals surface area contributed by atoms with Crippen LogP contribution in [-0.2, 0) is 17.9 Å². The van der Waals surface area contributed by atoms with E-state index in [1.165, 1.54) is 23.0 Å². The lowest BCUT2D eigenvalue weighted by atomic mass is 10.1. The predicted molar refractivity (Wildman–Crippen MR) is 107 cm³/mol. The van der Waals surface area contributed by atoms with Gasteiger partial charge in [-0.15, -0.1) is 0 Å². The van der Waals surface area contributed by atoms with E-state index in [9.17, 15) is 14.4 Å². The number of benzene rings is 1. The van der Waals surface area contributed by atoms with Crippen molar-refractivity contribution in [3.05, 3.63) is 75.4 Å². The molecular weight excluding hydrogens is 374 g/mol. The summed E-state index contributed by atoms with van der Waals surface area (Å²) >= 11 is 0. The number of rotatable bonds is 8. The van der Waals surface area contributed by atoms with Gasteiger partial charge in [0.05, 0.1) is 12.8 Å². The fourth-order valence-electron chi connectivity index (χ4n) is 2.68.